The number of carbonyl (C=O) groups excluding carboxylic acids is 1. The molecule has 2 heterocycles. The molecule has 1 amide bonds. The van der Waals surface area contributed by atoms with Gasteiger partial charge in [-0.25, -0.2) is 14.4 Å². The van der Waals surface area contributed by atoms with Gasteiger partial charge in [-0.15, -0.1) is 0 Å². The Morgan fingerprint density at radius 3 is 2.44 bits per heavy atom. The van der Waals surface area contributed by atoms with Crippen LogP contribution in [-0.2, 0) is 0 Å². The van der Waals surface area contributed by atoms with Crippen LogP contribution in [0.25, 0.3) is 10.9 Å². The summed E-state index contributed by atoms with van der Waals surface area (Å²) in [4.78, 5) is 25.0. The highest BCUT2D eigenvalue weighted by Gasteiger charge is 2.08. The highest BCUT2D eigenvalue weighted by molar-refractivity contribution is 6.04. The molecule has 0 spiro atoms. The largest absolute Gasteiger partial charge is 0.355 e. The summed E-state index contributed by atoms with van der Waals surface area (Å²) in [5.74, 6) is 0.0975. The molecule has 34 heavy (non-hydrogen) atoms. The number of carbonyl (C=O) groups is 1. The zero-order chi connectivity index (χ0) is 23.3. The Hall–Kier alpha value is -4.85. The van der Waals surface area contributed by atoms with Crippen LogP contribution in [0.1, 0.15) is 10.4 Å². The van der Waals surface area contributed by atoms with Crippen molar-refractivity contribution in [3.05, 3.63) is 109 Å². The maximum atomic E-state index is 13.7. The predicted molar refractivity (Wildman–Crippen MR) is 131 cm³/mol. The fourth-order valence-electron chi connectivity index (χ4n) is 3.48. The molecule has 0 aliphatic rings. The van der Waals surface area contributed by atoms with Crippen LogP contribution >= 0.6 is 0 Å². The Kier molecular flexibility index (Phi) is 5.77. The number of halogens is 1. The van der Waals surface area contributed by atoms with Crippen LogP contribution in [0.5, 0.6) is 0 Å². The average molecular weight is 450 g/mol. The number of nitrogens with zero attached hydrogens (tertiary/aromatic N) is 3. The monoisotopic (exact) mass is 450 g/mol. The lowest BCUT2D eigenvalue weighted by molar-refractivity contribution is 0.102. The summed E-state index contributed by atoms with van der Waals surface area (Å²) in [7, 11) is 0. The van der Waals surface area contributed by atoms with Crippen molar-refractivity contribution in [3.8, 4) is 0 Å². The highest BCUT2D eigenvalue weighted by Crippen LogP contribution is 2.26. The van der Waals surface area contributed by atoms with Gasteiger partial charge in [0.25, 0.3) is 5.91 Å². The average Bonchev–Trinajstić information content (AvgIpc) is 2.86. The Morgan fingerprint density at radius 2 is 1.62 bits per heavy atom. The number of hydrogen-bond acceptors (Lipinski definition) is 6. The van der Waals surface area contributed by atoms with Crippen molar-refractivity contribution in [1.29, 1.82) is 0 Å². The first-order valence-electron chi connectivity index (χ1n) is 10.5. The fourth-order valence-corrected chi connectivity index (χ4v) is 3.48. The third kappa shape index (κ3) is 4.81. The molecule has 5 aromatic rings. The van der Waals surface area contributed by atoms with E-state index in [-0.39, 0.29) is 11.7 Å². The third-order valence-corrected chi connectivity index (χ3v) is 5.10. The summed E-state index contributed by atoms with van der Waals surface area (Å²) in [6, 6.07) is 22.4. The van der Waals surface area contributed by atoms with Gasteiger partial charge in [0.05, 0.1) is 5.52 Å². The minimum atomic E-state index is -0.327. The van der Waals surface area contributed by atoms with Gasteiger partial charge in [0, 0.05) is 46.1 Å². The number of rotatable bonds is 6. The van der Waals surface area contributed by atoms with Crippen molar-refractivity contribution in [1.82, 2.24) is 15.0 Å². The lowest BCUT2D eigenvalue weighted by Gasteiger charge is -2.11. The maximum absolute atomic E-state index is 13.7. The van der Waals surface area contributed by atoms with E-state index in [2.05, 4.69) is 30.9 Å². The van der Waals surface area contributed by atoms with Crippen molar-refractivity contribution < 1.29 is 9.18 Å². The minimum absolute atomic E-state index is 0.234. The quantitative estimate of drug-likeness (QED) is 0.298. The molecule has 0 bridgehead atoms. The minimum Gasteiger partial charge on any atom is -0.355 e. The van der Waals surface area contributed by atoms with Gasteiger partial charge in [-0.2, -0.15) is 0 Å². The molecular weight excluding hydrogens is 431 g/mol. The normalized spacial score (nSPS) is 10.6. The fraction of sp³-hybridized carbons (Fsp3) is 0. The van der Waals surface area contributed by atoms with Gasteiger partial charge in [0.2, 0.25) is 0 Å². The number of nitrogens with one attached hydrogen (secondary N) is 3. The number of aromatic nitrogens is 3. The van der Waals surface area contributed by atoms with E-state index >= 15 is 0 Å². The SMILES string of the molecule is O=C(Nc1cccc(Nc2ccncn2)c1)c1ccc(Nc2ccnc3ccc(F)cc23)cc1. The zero-order valence-electron chi connectivity index (χ0n) is 17.9. The molecular formula is C26H19FN6O. The number of anilines is 5. The van der Waals surface area contributed by atoms with Crippen LogP contribution in [0.15, 0.2) is 97.6 Å². The van der Waals surface area contributed by atoms with Crippen molar-refractivity contribution in [2.24, 2.45) is 0 Å². The van der Waals surface area contributed by atoms with Gasteiger partial charge in [-0.05, 0) is 72.8 Å². The van der Waals surface area contributed by atoms with Gasteiger partial charge >= 0.3 is 0 Å². The number of hydrogen-bond donors (Lipinski definition) is 3. The molecule has 7 nitrogen and oxygen atoms in total. The molecule has 166 valence electrons. The lowest BCUT2D eigenvalue weighted by atomic mass is 10.1. The number of pyridine rings is 1. The molecule has 5 rings (SSSR count). The van der Waals surface area contributed by atoms with Crippen LogP contribution in [0.2, 0.25) is 0 Å². The van der Waals surface area contributed by atoms with E-state index in [0.29, 0.717) is 28.0 Å². The smallest absolute Gasteiger partial charge is 0.255 e. The summed E-state index contributed by atoms with van der Waals surface area (Å²) < 4.78 is 13.7. The standard InChI is InChI=1S/C26H19FN6O/c27-18-6-9-23-22(14-18)24(10-13-29-23)31-19-7-4-17(5-8-19)26(34)33-21-3-1-2-20(15-21)32-25-11-12-28-16-30-25/h1-16H,(H,29,31)(H,33,34)(H,28,30,32). The van der Waals surface area contributed by atoms with Crippen LogP contribution < -0.4 is 16.0 Å². The van der Waals surface area contributed by atoms with E-state index in [1.165, 1.54) is 18.5 Å². The molecule has 0 radical (unpaired) electrons. The molecule has 0 aliphatic heterocycles. The number of benzene rings is 3. The molecule has 0 fully saturated rings. The third-order valence-electron chi connectivity index (χ3n) is 5.10. The van der Waals surface area contributed by atoms with Gasteiger partial charge in [-0.1, -0.05) is 6.07 Å². The van der Waals surface area contributed by atoms with Crippen molar-refractivity contribution in [3.63, 3.8) is 0 Å². The lowest BCUT2D eigenvalue weighted by Crippen LogP contribution is -2.12. The van der Waals surface area contributed by atoms with E-state index in [0.717, 1.165) is 17.1 Å². The predicted octanol–water partition coefficient (Wildman–Crippen LogP) is 5.90. The first-order valence-corrected chi connectivity index (χ1v) is 10.5. The summed E-state index contributed by atoms with van der Waals surface area (Å²) in [6.45, 7) is 0. The van der Waals surface area contributed by atoms with Crippen molar-refractivity contribution >= 4 is 45.4 Å². The Balaban J connectivity index is 1.27. The zero-order valence-corrected chi connectivity index (χ0v) is 17.9. The van der Waals surface area contributed by atoms with Crippen LogP contribution in [0.4, 0.5) is 33.0 Å². The molecule has 0 saturated carbocycles. The first-order chi connectivity index (χ1) is 16.6. The van der Waals surface area contributed by atoms with E-state index in [9.17, 15) is 9.18 Å². The first kappa shape index (κ1) is 21.0. The molecule has 0 atom stereocenters. The van der Waals surface area contributed by atoms with Gasteiger partial charge in [-0.3, -0.25) is 9.78 Å². The second-order valence-corrected chi connectivity index (χ2v) is 7.48. The van der Waals surface area contributed by atoms with Crippen LogP contribution in [-0.4, -0.2) is 20.9 Å². The van der Waals surface area contributed by atoms with Crippen LogP contribution in [0, 0.1) is 5.82 Å². The molecule has 8 heteroatoms. The Labute approximate surface area is 194 Å². The summed E-state index contributed by atoms with van der Waals surface area (Å²) in [6.07, 6.45) is 4.77. The number of fused-ring (bicyclic) bond motifs is 1. The Bertz CT molecular complexity index is 1460. The second kappa shape index (κ2) is 9.33. The van der Waals surface area contributed by atoms with Gasteiger partial charge in [0.1, 0.15) is 18.0 Å². The highest BCUT2D eigenvalue weighted by atomic mass is 19.1. The maximum Gasteiger partial charge on any atom is 0.255 e. The van der Waals surface area contributed by atoms with Gasteiger partial charge in [0.15, 0.2) is 0 Å². The van der Waals surface area contributed by atoms with Crippen LogP contribution in [0.3, 0.4) is 0 Å². The van der Waals surface area contributed by atoms with Gasteiger partial charge < -0.3 is 16.0 Å². The molecule has 3 aromatic carbocycles. The summed E-state index contributed by atoms with van der Waals surface area (Å²) in [5.41, 5.74) is 4.14. The molecule has 3 N–H and O–H groups in total. The molecule has 2 aromatic heterocycles. The molecule has 0 unspecified atom stereocenters. The molecule has 0 aliphatic carbocycles. The summed E-state index contributed by atoms with van der Waals surface area (Å²) >= 11 is 0. The van der Waals surface area contributed by atoms with Crippen molar-refractivity contribution in [2.45, 2.75) is 0 Å². The molecule has 0 saturated heterocycles. The Morgan fingerprint density at radius 1 is 0.765 bits per heavy atom. The van der Waals surface area contributed by atoms with Crippen molar-refractivity contribution in [2.75, 3.05) is 16.0 Å². The van der Waals surface area contributed by atoms with E-state index in [1.54, 1.807) is 54.9 Å². The van der Waals surface area contributed by atoms with E-state index < -0.39 is 0 Å². The second-order valence-electron chi connectivity index (χ2n) is 7.48. The summed E-state index contributed by atoms with van der Waals surface area (Å²) in [5, 5.41) is 10.0. The van der Waals surface area contributed by atoms with E-state index in [1.807, 2.05) is 24.3 Å². The topological polar surface area (TPSA) is 91.8 Å². The van der Waals surface area contributed by atoms with E-state index in [4.69, 9.17) is 0 Å². The number of amides is 1.